The number of amides is 1. The second-order valence-corrected chi connectivity index (χ2v) is 8.30. The largest absolute Gasteiger partial charge is 0.489 e. The second-order valence-electron chi connectivity index (χ2n) is 8.30. The van der Waals surface area contributed by atoms with Gasteiger partial charge in [-0.3, -0.25) is 4.79 Å². The molecule has 0 heterocycles. The van der Waals surface area contributed by atoms with Crippen LogP contribution in [0.2, 0.25) is 0 Å². The van der Waals surface area contributed by atoms with E-state index in [1.54, 1.807) is 18.2 Å². The Balaban J connectivity index is 1.90. The zero-order chi connectivity index (χ0) is 21.6. The lowest BCUT2D eigenvalue weighted by atomic mass is 9.87. The normalized spacial score (nSPS) is 11.9. The SMILES string of the molecule is C=C(/C=C(\C)C(C)(C)C)NC(=O)Cc1ccc(OCc2c(C)cccc2F)cc1. The summed E-state index contributed by atoms with van der Waals surface area (Å²) in [5.74, 6) is 0.239. The van der Waals surface area contributed by atoms with Gasteiger partial charge in [0.2, 0.25) is 5.91 Å². The Morgan fingerprint density at radius 1 is 1.17 bits per heavy atom. The van der Waals surface area contributed by atoms with E-state index in [-0.39, 0.29) is 30.2 Å². The van der Waals surface area contributed by atoms with Gasteiger partial charge in [-0.25, -0.2) is 4.39 Å². The first-order chi connectivity index (χ1) is 13.6. The summed E-state index contributed by atoms with van der Waals surface area (Å²) in [7, 11) is 0. The molecule has 0 aromatic heterocycles. The third kappa shape index (κ3) is 6.90. The monoisotopic (exact) mass is 395 g/mol. The van der Waals surface area contributed by atoms with Gasteiger partial charge in [0, 0.05) is 11.3 Å². The molecule has 2 aromatic carbocycles. The van der Waals surface area contributed by atoms with Crippen molar-refractivity contribution in [3.05, 3.63) is 88.9 Å². The molecule has 3 nitrogen and oxygen atoms in total. The molecule has 0 saturated heterocycles. The number of hydrogen-bond donors (Lipinski definition) is 1. The number of allylic oxidation sites excluding steroid dienone is 2. The van der Waals surface area contributed by atoms with E-state index in [0.29, 0.717) is 17.0 Å². The van der Waals surface area contributed by atoms with Crippen LogP contribution >= 0.6 is 0 Å². The number of nitrogens with one attached hydrogen (secondary N) is 1. The van der Waals surface area contributed by atoms with Crippen molar-refractivity contribution in [2.45, 2.75) is 47.6 Å². The number of ether oxygens (including phenoxy) is 1. The van der Waals surface area contributed by atoms with Crippen molar-refractivity contribution in [2.24, 2.45) is 5.41 Å². The average Bonchev–Trinajstić information content (AvgIpc) is 2.61. The fraction of sp³-hybridized carbons (Fsp3) is 0.320. The predicted octanol–water partition coefficient (Wildman–Crippen LogP) is 5.88. The summed E-state index contributed by atoms with van der Waals surface area (Å²) in [5.41, 5.74) is 4.03. The topological polar surface area (TPSA) is 38.3 Å². The fourth-order valence-electron chi connectivity index (χ4n) is 2.63. The zero-order valence-electron chi connectivity index (χ0n) is 17.9. The van der Waals surface area contributed by atoms with Crippen LogP contribution < -0.4 is 10.1 Å². The summed E-state index contributed by atoms with van der Waals surface area (Å²) in [6.45, 7) is 14.3. The standard InChI is InChI=1S/C25H30FNO2/c1-17-8-7-9-23(26)22(17)16-29-21-12-10-20(11-13-21)15-24(28)27-19(3)14-18(2)25(4,5)6/h7-14H,3,15-16H2,1-2,4-6H3,(H,27,28)/b18-14+. The smallest absolute Gasteiger partial charge is 0.228 e. The van der Waals surface area contributed by atoms with Crippen LogP contribution in [0.1, 0.15) is 44.4 Å². The summed E-state index contributed by atoms with van der Waals surface area (Å²) in [6.07, 6.45) is 2.15. The van der Waals surface area contributed by atoms with Gasteiger partial charge in [0.15, 0.2) is 0 Å². The summed E-state index contributed by atoms with van der Waals surface area (Å²) < 4.78 is 19.6. The Morgan fingerprint density at radius 3 is 2.41 bits per heavy atom. The van der Waals surface area contributed by atoms with E-state index in [2.05, 4.69) is 32.7 Å². The number of rotatable bonds is 7. The zero-order valence-corrected chi connectivity index (χ0v) is 17.9. The molecule has 0 saturated carbocycles. The number of benzene rings is 2. The predicted molar refractivity (Wildman–Crippen MR) is 116 cm³/mol. The lowest BCUT2D eigenvalue weighted by Gasteiger charge is -2.20. The minimum atomic E-state index is -0.269. The highest BCUT2D eigenvalue weighted by molar-refractivity contribution is 5.80. The minimum Gasteiger partial charge on any atom is -0.489 e. The molecular formula is C25H30FNO2. The van der Waals surface area contributed by atoms with Crippen LogP contribution in [0, 0.1) is 18.2 Å². The van der Waals surface area contributed by atoms with Crippen molar-refractivity contribution in [3.63, 3.8) is 0 Å². The highest BCUT2D eigenvalue weighted by atomic mass is 19.1. The maximum absolute atomic E-state index is 13.9. The van der Waals surface area contributed by atoms with Gasteiger partial charge in [0.25, 0.3) is 0 Å². The second kappa shape index (κ2) is 9.55. The molecule has 1 amide bonds. The van der Waals surface area contributed by atoms with E-state index in [4.69, 9.17) is 4.74 Å². The molecule has 2 aromatic rings. The summed E-state index contributed by atoms with van der Waals surface area (Å²) in [5, 5.41) is 2.82. The molecule has 0 aliphatic heterocycles. The molecule has 154 valence electrons. The van der Waals surface area contributed by atoms with Crippen LogP contribution in [0.3, 0.4) is 0 Å². The molecule has 29 heavy (non-hydrogen) atoms. The van der Waals surface area contributed by atoms with Crippen LogP contribution in [0.5, 0.6) is 5.75 Å². The Kier molecular flexibility index (Phi) is 7.38. The van der Waals surface area contributed by atoms with Crippen LogP contribution in [0.25, 0.3) is 0 Å². The van der Waals surface area contributed by atoms with Gasteiger partial charge in [-0.05, 0) is 54.7 Å². The van der Waals surface area contributed by atoms with E-state index in [0.717, 1.165) is 16.7 Å². The highest BCUT2D eigenvalue weighted by Crippen LogP contribution is 2.25. The summed E-state index contributed by atoms with van der Waals surface area (Å²) in [6, 6.07) is 12.2. The average molecular weight is 396 g/mol. The lowest BCUT2D eigenvalue weighted by molar-refractivity contribution is -0.119. The van der Waals surface area contributed by atoms with Gasteiger partial charge in [-0.1, -0.05) is 57.2 Å². The van der Waals surface area contributed by atoms with Crippen LogP contribution in [0.15, 0.2) is 66.4 Å². The summed E-state index contributed by atoms with van der Waals surface area (Å²) >= 11 is 0. The molecule has 0 fully saturated rings. The Morgan fingerprint density at radius 2 is 1.83 bits per heavy atom. The molecule has 0 unspecified atom stereocenters. The molecule has 0 aliphatic rings. The van der Waals surface area contributed by atoms with E-state index >= 15 is 0 Å². The number of halogens is 1. The number of hydrogen-bond acceptors (Lipinski definition) is 2. The van der Waals surface area contributed by atoms with E-state index in [9.17, 15) is 9.18 Å². The molecular weight excluding hydrogens is 365 g/mol. The van der Waals surface area contributed by atoms with E-state index in [1.165, 1.54) is 6.07 Å². The van der Waals surface area contributed by atoms with Crippen molar-refractivity contribution in [2.75, 3.05) is 0 Å². The molecule has 1 N–H and O–H groups in total. The minimum absolute atomic E-state index is 0.0324. The van der Waals surface area contributed by atoms with Gasteiger partial charge in [0.1, 0.15) is 18.2 Å². The van der Waals surface area contributed by atoms with Gasteiger partial charge in [-0.2, -0.15) is 0 Å². The van der Waals surface area contributed by atoms with Crippen molar-refractivity contribution >= 4 is 5.91 Å². The molecule has 4 heteroatoms. The fourth-order valence-corrected chi connectivity index (χ4v) is 2.63. The molecule has 2 rings (SSSR count). The number of carbonyl (C=O) groups excluding carboxylic acids is 1. The third-order valence-corrected chi connectivity index (χ3v) is 4.90. The Hall–Kier alpha value is -2.88. The number of aryl methyl sites for hydroxylation is 1. The van der Waals surface area contributed by atoms with Crippen LogP contribution in [-0.2, 0) is 17.8 Å². The first-order valence-corrected chi connectivity index (χ1v) is 9.69. The molecule has 0 aliphatic carbocycles. The van der Waals surface area contributed by atoms with Gasteiger partial charge in [0.05, 0.1) is 6.42 Å². The molecule has 0 bridgehead atoms. The first-order valence-electron chi connectivity index (χ1n) is 9.69. The Bertz CT molecular complexity index is 885. The van der Waals surface area contributed by atoms with Crippen LogP contribution in [-0.4, -0.2) is 5.91 Å². The van der Waals surface area contributed by atoms with Crippen molar-refractivity contribution < 1.29 is 13.9 Å². The van der Waals surface area contributed by atoms with Crippen LogP contribution in [0.4, 0.5) is 4.39 Å². The van der Waals surface area contributed by atoms with Crippen molar-refractivity contribution in [3.8, 4) is 5.75 Å². The number of carbonyl (C=O) groups is 1. The van der Waals surface area contributed by atoms with Gasteiger partial charge >= 0.3 is 0 Å². The van der Waals surface area contributed by atoms with E-state index < -0.39 is 0 Å². The third-order valence-electron chi connectivity index (χ3n) is 4.90. The van der Waals surface area contributed by atoms with Crippen molar-refractivity contribution in [1.29, 1.82) is 0 Å². The van der Waals surface area contributed by atoms with Gasteiger partial charge < -0.3 is 10.1 Å². The summed E-state index contributed by atoms with van der Waals surface area (Å²) in [4.78, 5) is 12.3. The van der Waals surface area contributed by atoms with Crippen molar-refractivity contribution in [1.82, 2.24) is 5.32 Å². The first kappa shape index (κ1) is 22.4. The maximum Gasteiger partial charge on any atom is 0.228 e. The quantitative estimate of drug-likeness (QED) is 0.595. The molecule has 0 atom stereocenters. The highest BCUT2D eigenvalue weighted by Gasteiger charge is 2.13. The lowest BCUT2D eigenvalue weighted by Crippen LogP contribution is -2.23. The Labute approximate surface area is 173 Å². The van der Waals surface area contributed by atoms with Gasteiger partial charge in [-0.15, -0.1) is 0 Å². The maximum atomic E-state index is 13.9. The molecule has 0 spiro atoms. The van der Waals surface area contributed by atoms with E-state index in [1.807, 2.05) is 38.1 Å². The molecule has 0 radical (unpaired) electrons.